The van der Waals surface area contributed by atoms with Crippen molar-refractivity contribution in [3.8, 4) is 0 Å². The summed E-state index contributed by atoms with van der Waals surface area (Å²) in [4.78, 5) is 38.1. The number of rotatable bonds is 51. The first-order valence-electron chi connectivity index (χ1n) is 28.2. The Morgan fingerprint density at radius 2 is 0.524 bits per heavy atom. The van der Waals surface area contributed by atoms with Gasteiger partial charge in [0, 0.05) is 19.3 Å². The molecule has 0 rings (SSSR count). The first-order valence-corrected chi connectivity index (χ1v) is 28.2. The number of ether oxygens (including phenoxy) is 3. The zero-order valence-electron chi connectivity index (χ0n) is 43.2. The molecule has 0 unspecified atom stereocenters. The molecule has 0 aromatic carbocycles. The monoisotopic (exact) mass is 891 g/mol. The van der Waals surface area contributed by atoms with Gasteiger partial charge >= 0.3 is 17.9 Å². The Balaban J connectivity index is 4.30. The van der Waals surface area contributed by atoms with E-state index in [1.807, 2.05) is 0 Å². The van der Waals surface area contributed by atoms with Crippen molar-refractivity contribution in [1.29, 1.82) is 0 Å². The van der Waals surface area contributed by atoms with Gasteiger partial charge in [-0.05, 0) is 31.1 Å². The highest BCUT2D eigenvalue weighted by Gasteiger charge is 2.19. The van der Waals surface area contributed by atoms with E-state index in [4.69, 9.17) is 14.2 Å². The third-order valence-corrected chi connectivity index (χ3v) is 13.0. The van der Waals surface area contributed by atoms with E-state index in [1.165, 1.54) is 205 Å². The minimum absolute atomic E-state index is 0.0629. The maximum absolute atomic E-state index is 12.8. The van der Waals surface area contributed by atoms with E-state index in [1.54, 1.807) is 0 Å². The molecule has 0 heterocycles. The van der Waals surface area contributed by atoms with Crippen molar-refractivity contribution < 1.29 is 28.6 Å². The fourth-order valence-electron chi connectivity index (χ4n) is 8.70. The van der Waals surface area contributed by atoms with Gasteiger partial charge in [-0.1, -0.05) is 279 Å². The molecule has 1 atom stereocenters. The lowest BCUT2D eigenvalue weighted by Crippen LogP contribution is -2.30. The number of hydrogen-bond donors (Lipinski definition) is 0. The van der Waals surface area contributed by atoms with Crippen LogP contribution in [0.15, 0.2) is 0 Å². The molecule has 0 aliphatic heterocycles. The van der Waals surface area contributed by atoms with Crippen molar-refractivity contribution >= 4 is 17.9 Å². The van der Waals surface area contributed by atoms with Gasteiger partial charge in [0.25, 0.3) is 0 Å². The Morgan fingerprint density at radius 3 is 0.778 bits per heavy atom. The van der Waals surface area contributed by atoms with Gasteiger partial charge in [-0.2, -0.15) is 0 Å². The summed E-state index contributed by atoms with van der Waals surface area (Å²) in [6.07, 6.45) is 52.3. The molecule has 0 spiro atoms. The Labute approximate surface area is 393 Å². The summed E-state index contributed by atoms with van der Waals surface area (Å²) in [5, 5.41) is 0. The number of carbonyl (C=O) groups is 3. The van der Waals surface area contributed by atoms with Gasteiger partial charge in [0.1, 0.15) is 13.2 Å². The fraction of sp³-hybridized carbons (Fsp3) is 0.947. The van der Waals surface area contributed by atoms with E-state index in [9.17, 15) is 14.4 Å². The Bertz CT molecular complexity index is 962. The second kappa shape index (κ2) is 49.8. The largest absolute Gasteiger partial charge is 0.462 e. The molecule has 0 radical (unpaired) electrons. The minimum atomic E-state index is -0.762. The van der Waals surface area contributed by atoms with Crippen LogP contribution in [0.4, 0.5) is 0 Å². The van der Waals surface area contributed by atoms with E-state index in [-0.39, 0.29) is 31.1 Å². The van der Waals surface area contributed by atoms with Crippen LogP contribution in [-0.2, 0) is 28.6 Å². The summed E-state index contributed by atoms with van der Waals surface area (Å²) in [7, 11) is 0. The van der Waals surface area contributed by atoms with Gasteiger partial charge in [0.2, 0.25) is 0 Å². The van der Waals surface area contributed by atoms with Gasteiger partial charge in [-0.25, -0.2) is 0 Å². The molecule has 0 aliphatic carbocycles. The molecule has 6 nitrogen and oxygen atoms in total. The maximum Gasteiger partial charge on any atom is 0.306 e. The summed E-state index contributed by atoms with van der Waals surface area (Å²) >= 11 is 0. The molecule has 0 aliphatic rings. The highest BCUT2D eigenvalue weighted by Crippen LogP contribution is 2.18. The van der Waals surface area contributed by atoms with E-state index >= 15 is 0 Å². The molecule has 374 valence electrons. The van der Waals surface area contributed by atoms with Gasteiger partial charge in [-0.15, -0.1) is 0 Å². The lowest BCUT2D eigenvalue weighted by atomic mass is 10.0. The van der Waals surface area contributed by atoms with Crippen molar-refractivity contribution in [2.24, 2.45) is 11.8 Å². The number of unbranched alkanes of at least 4 members (excludes halogenated alkanes) is 36. The van der Waals surface area contributed by atoms with Crippen LogP contribution in [0.3, 0.4) is 0 Å². The van der Waals surface area contributed by atoms with Crippen molar-refractivity contribution in [3.63, 3.8) is 0 Å². The third-order valence-electron chi connectivity index (χ3n) is 13.0. The molecule has 0 bridgehead atoms. The third kappa shape index (κ3) is 51.3. The normalized spacial score (nSPS) is 12.0. The molecule has 0 saturated carbocycles. The minimum Gasteiger partial charge on any atom is -0.462 e. The second-order valence-corrected chi connectivity index (χ2v) is 20.5. The summed E-state index contributed by atoms with van der Waals surface area (Å²) in [6, 6.07) is 0. The quantitative estimate of drug-likeness (QED) is 0.0344. The average Bonchev–Trinajstić information content (AvgIpc) is 3.25. The molecule has 6 heteroatoms. The van der Waals surface area contributed by atoms with Crippen LogP contribution in [0.5, 0.6) is 0 Å². The molecule has 0 N–H and O–H groups in total. The summed E-state index contributed by atoms with van der Waals surface area (Å²) in [6.45, 7) is 11.4. The highest BCUT2D eigenvalue weighted by atomic mass is 16.6. The van der Waals surface area contributed by atoms with Gasteiger partial charge in [0.05, 0.1) is 0 Å². The zero-order valence-corrected chi connectivity index (χ0v) is 43.2. The van der Waals surface area contributed by atoms with E-state index < -0.39 is 6.10 Å². The SMILES string of the molecule is CCCCCCCCCCCCCCCCCC(=O)O[C@@H](COC(=O)CCCCCCCCCCCCCCCCC(C)C)COC(=O)CCCCCCCCCCCCC(C)C. The number of esters is 3. The zero-order chi connectivity index (χ0) is 46.1. The van der Waals surface area contributed by atoms with Crippen LogP contribution < -0.4 is 0 Å². The van der Waals surface area contributed by atoms with Crippen molar-refractivity contribution in [3.05, 3.63) is 0 Å². The average molecular weight is 892 g/mol. The van der Waals surface area contributed by atoms with Crippen LogP contribution in [0.25, 0.3) is 0 Å². The highest BCUT2D eigenvalue weighted by molar-refractivity contribution is 5.71. The first kappa shape index (κ1) is 61.4. The summed E-state index contributed by atoms with van der Waals surface area (Å²) in [5.41, 5.74) is 0. The molecule has 0 saturated heterocycles. The topological polar surface area (TPSA) is 78.9 Å². The Morgan fingerprint density at radius 1 is 0.302 bits per heavy atom. The molecule has 0 aromatic heterocycles. The van der Waals surface area contributed by atoms with E-state index in [0.717, 1.165) is 69.6 Å². The molecule has 0 aromatic rings. The van der Waals surface area contributed by atoms with Gasteiger partial charge in [0.15, 0.2) is 6.10 Å². The first-order chi connectivity index (χ1) is 30.7. The predicted octanol–water partition coefficient (Wildman–Crippen LogP) is 18.5. The maximum atomic E-state index is 12.8. The smallest absolute Gasteiger partial charge is 0.306 e. The van der Waals surface area contributed by atoms with Crippen molar-refractivity contribution in [2.75, 3.05) is 13.2 Å². The Kier molecular flexibility index (Phi) is 48.6. The summed E-state index contributed by atoms with van der Waals surface area (Å²) in [5.74, 6) is 0.822. The number of hydrogen-bond acceptors (Lipinski definition) is 6. The van der Waals surface area contributed by atoms with Crippen LogP contribution >= 0.6 is 0 Å². The van der Waals surface area contributed by atoms with Crippen molar-refractivity contribution in [2.45, 2.75) is 323 Å². The standard InChI is InChI=1S/C57H110O6/c1-6-7-8-9-10-11-12-13-14-19-22-29-34-39-44-49-57(60)63-54(51-62-56(59)48-43-38-33-28-24-23-26-31-36-41-46-53(4)5)50-61-55(58)47-42-37-32-27-21-18-16-15-17-20-25-30-35-40-45-52(2)3/h52-54H,6-51H2,1-5H3/t54-/m0/s1. The van der Waals surface area contributed by atoms with Crippen LogP contribution in [0, 0.1) is 11.8 Å². The van der Waals surface area contributed by atoms with Crippen LogP contribution in [0.2, 0.25) is 0 Å². The Hall–Kier alpha value is -1.59. The molecule has 0 amide bonds. The van der Waals surface area contributed by atoms with Crippen LogP contribution in [-0.4, -0.2) is 37.2 Å². The van der Waals surface area contributed by atoms with Crippen LogP contribution in [0.1, 0.15) is 317 Å². The predicted molar refractivity (Wildman–Crippen MR) is 270 cm³/mol. The van der Waals surface area contributed by atoms with E-state index in [2.05, 4.69) is 34.6 Å². The lowest BCUT2D eigenvalue weighted by molar-refractivity contribution is -0.167. The summed E-state index contributed by atoms with van der Waals surface area (Å²) < 4.78 is 16.9. The molecule has 0 fully saturated rings. The number of carbonyl (C=O) groups excluding carboxylic acids is 3. The van der Waals surface area contributed by atoms with Gasteiger partial charge in [-0.3, -0.25) is 14.4 Å². The van der Waals surface area contributed by atoms with Crippen molar-refractivity contribution in [1.82, 2.24) is 0 Å². The lowest BCUT2D eigenvalue weighted by Gasteiger charge is -2.18. The molecule has 63 heavy (non-hydrogen) atoms. The van der Waals surface area contributed by atoms with Gasteiger partial charge < -0.3 is 14.2 Å². The second-order valence-electron chi connectivity index (χ2n) is 20.5. The van der Waals surface area contributed by atoms with E-state index in [0.29, 0.717) is 19.3 Å². The fourth-order valence-corrected chi connectivity index (χ4v) is 8.70. The molecular formula is C57H110O6. The molecular weight excluding hydrogens is 781 g/mol.